The van der Waals surface area contributed by atoms with E-state index in [1.807, 2.05) is 67.6 Å². The molecule has 2 aliphatic rings. The zero-order valence-electron chi connectivity index (χ0n) is 21.0. The molecule has 0 amide bonds. The molecule has 0 bridgehead atoms. The molecular formula is C29H28ClN5O2. The van der Waals surface area contributed by atoms with Gasteiger partial charge in [-0.3, -0.25) is 9.98 Å². The normalized spacial score (nSPS) is 12.1. The number of rotatable bonds is 8. The van der Waals surface area contributed by atoms with Gasteiger partial charge in [0.2, 0.25) is 0 Å². The van der Waals surface area contributed by atoms with Crippen molar-refractivity contribution in [1.29, 1.82) is 0 Å². The molecule has 37 heavy (non-hydrogen) atoms. The van der Waals surface area contributed by atoms with Gasteiger partial charge in [0.15, 0.2) is 0 Å². The first kappa shape index (κ1) is 24.9. The maximum atomic E-state index is 6.21. The van der Waals surface area contributed by atoms with E-state index in [0.717, 1.165) is 50.5 Å². The molecule has 0 unspecified atom stereocenters. The summed E-state index contributed by atoms with van der Waals surface area (Å²) in [5, 5.41) is 4.99. The van der Waals surface area contributed by atoms with Gasteiger partial charge in [0.25, 0.3) is 0 Å². The van der Waals surface area contributed by atoms with Gasteiger partial charge >= 0.3 is 0 Å². The zero-order chi connectivity index (χ0) is 25.8. The van der Waals surface area contributed by atoms with Gasteiger partial charge < -0.3 is 19.4 Å². The van der Waals surface area contributed by atoms with Gasteiger partial charge in [-0.1, -0.05) is 23.7 Å². The van der Waals surface area contributed by atoms with Crippen molar-refractivity contribution in [2.24, 2.45) is 4.99 Å². The van der Waals surface area contributed by atoms with Crippen molar-refractivity contribution in [2.75, 3.05) is 32.8 Å². The number of halogens is 1. The number of para-hydroxylation sites is 2. The molecule has 8 heteroatoms. The number of methoxy groups -OCH3 is 2. The van der Waals surface area contributed by atoms with Gasteiger partial charge in [-0.2, -0.15) is 0 Å². The predicted molar refractivity (Wildman–Crippen MR) is 148 cm³/mol. The molecule has 1 aromatic heterocycles. The Labute approximate surface area is 220 Å². The lowest BCUT2D eigenvalue weighted by Crippen LogP contribution is -2.24. The number of anilines is 2. The summed E-state index contributed by atoms with van der Waals surface area (Å²) in [4.78, 5) is 14.5. The topological polar surface area (TPSA) is 73.6 Å². The Morgan fingerprint density at radius 1 is 0.946 bits per heavy atom. The summed E-state index contributed by atoms with van der Waals surface area (Å²) in [7, 11) is 3.34. The fourth-order valence-electron chi connectivity index (χ4n) is 4.38. The number of aryl methyl sites for hydroxylation is 1. The SMILES string of the molecule is COCC(COC)/N=c1\cc2n(-c3ccc(Cl)cc3)c3ccccc3nc-2cc1Nc1cccnc1C. The molecule has 2 heterocycles. The Hall–Kier alpha value is -3.78. The van der Waals surface area contributed by atoms with Crippen molar-refractivity contribution < 1.29 is 9.47 Å². The summed E-state index contributed by atoms with van der Waals surface area (Å²) in [6, 6.07) is 23.7. The highest BCUT2D eigenvalue weighted by Crippen LogP contribution is 2.31. The number of nitrogens with zero attached hydrogens (tertiary/aromatic N) is 4. The van der Waals surface area contributed by atoms with Crippen LogP contribution in [-0.2, 0) is 9.47 Å². The molecule has 0 fully saturated rings. The van der Waals surface area contributed by atoms with Crippen LogP contribution in [-0.4, -0.2) is 48.0 Å². The maximum Gasteiger partial charge on any atom is 0.0973 e. The van der Waals surface area contributed by atoms with Gasteiger partial charge in [-0.05, 0) is 67.6 Å². The predicted octanol–water partition coefficient (Wildman–Crippen LogP) is 5.79. The number of nitrogens with one attached hydrogen (secondary N) is 1. The molecule has 5 rings (SSSR count). The number of hydrogen-bond acceptors (Lipinski definition) is 6. The van der Waals surface area contributed by atoms with E-state index in [1.54, 1.807) is 20.4 Å². The third-order valence-corrected chi connectivity index (χ3v) is 6.35. The molecule has 188 valence electrons. The van der Waals surface area contributed by atoms with Gasteiger partial charge in [0, 0.05) is 31.1 Å². The van der Waals surface area contributed by atoms with Crippen LogP contribution < -0.4 is 10.7 Å². The standard InChI is InChI=1S/C29H28ClN5O2/c1-19-23(8-6-14-31-19)33-25-15-27-29(16-26(25)32-21(17-36-2)18-37-3)35(22-12-10-20(30)11-13-22)28-9-5-4-7-24(28)34-27/h4-16,21,33H,17-18H2,1-3H3/b32-26+. The van der Waals surface area contributed by atoms with Crippen molar-refractivity contribution in [1.82, 2.24) is 14.5 Å². The maximum absolute atomic E-state index is 6.21. The van der Waals surface area contributed by atoms with Crippen molar-refractivity contribution in [3.8, 4) is 17.1 Å². The third-order valence-electron chi connectivity index (χ3n) is 6.10. The van der Waals surface area contributed by atoms with Crippen LogP contribution in [0.4, 0.5) is 11.4 Å². The van der Waals surface area contributed by atoms with Gasteiger partial charge in [-0.25, -0.2) is 4.98 Å². The van der Waals surface area contributed by atoms with E-state index in [1.165, 1.54) is 0 Å². The Morgan fingerprint density at radius 3 is 2.43 bits per heavy atom. The fourth-order valence-corrected chi connectivity index (χ4v) is 4.51. The number of aromatic nitrogens is 3. The molecule has 1 aliphatic heterocycles. The lowest BCUT2D eigenvalue weighted by Gasteiger charge is -2.21. The van der Waals surface area contributed by atoms with E-state index in [4.69, 9.17) is 31.1 Å². The quantitative estimate of drug-likeness (QED) is 0.266. The van der Waals surface area contributed by atoms with Crippen LogP contribution >= 0.6 is 11.6 Å². The molecule has 7 nitrogen and oxygen atoms in total. The molecule has 0 saturated heterocycles. The highest BCUT2D eigenvalue weighted by atomic mass is 35.5. The average Bonchev–Trinajstić information content (AvgIpc) is 2.90. The molecule has 0 saturated carbocycles. The summed E-state index contributed by atoms with van der Waals surface area (Å²) >= 11 is 6.21. The van der Waals surface area contributed by atoms with Crippen LogP contribution in [0.1, 0.15) is 5.69 Å². The first-order chi connectivity index (χ1) is 18.1. The van der Waals surface area contributed by atoms with E-state index < -0.39 is 0 Å². The molecular weight excluding hydrogens is 486 g/mol. The number of pyridine rings is 1. The Morgan fingerprint density at radius 2 is 1.70 bits per heavy atom. The van der Waals surface area contributed by atoms with E-state index in [0.29, 0.717) is 18.2 Å². The number of hydrogen-bond donors (Lipinski definition) is 1. The molecule has 0 atom stereocenters. The van der Waals surface area contributed by atoms with E-state index in [2.05, 4.69) is 27.0 Å². The lowest BCUT2D eigenvalue weighted by molar-refractivity contribution is 0.118. The first-order valence-corrected chi connectivity index (χ1v) is 12.4. The van der Waals surface area contributed by atoms with Crippen LogP contribution in [0.3, 0.4) is 0 Å². The molecule has 1 N–H and O–H groups in total. The van der Waals surface area contributed by atoms with Gasteiger partial charge in [0.1, 0.15) is 0 Å². The van der Waals surface area contributed by atoms with E-state index in [-0.39, 0.29) is 6.04 Å². The summed E-state index contributed by atoms with van der Waals surface area (Å²) in [5.74, 6) is 0. The minimum Gasteiger partial charge on any atom is -0.382 e. The Bertz CT molecular complexity index is 1560. The highest BCUT2D eigenvalue weighted by Gasteiger charge is 2.18. The monoisotopic (exact) mass is 513 g/mol. The molecule has 0 radical (unpaired) electrons. The van der Waals surface area contributed by atoms with Crippen LogP contribution in [0.25, 0.3) is 28.1 Å². The summed E-state index contributed by atoms with van der Waals surface area (Å²) in [5.41, 5.74) is 7.21. The minimum atomic E-state index is -0.180. The smallest absolute Gasteiger partial charge is 0.0973 e. The molecule has 0 spiro atoms. The van der Waals surface area contributed by atoms with Crippen LogP contribution in [0.2, 0.25) is 5.02 Å². The van der Waals surface area contributed by atoms with Crippen LogP contribution in [0.15, 0.2) is 84.0 Å². The van der Waals surface area contributed by atoms with Crippen molar-refractivity contribution in [2.45, 2.75) is 13.0 Å². The van der Waals surface area contributed by atoms with Crippen LogP contribution in [0.5, 0.6) is 0 Å². The minimum absolute atomic E-state index is 0.180. The third kappa shape index (κ3) is 5.34. The molecule has 2 aromatic carbocycles. The Kier molecular flexibility index (Phi) is 7.46. The van der Waals surface area contributed by atoms with E-state index in [9.17, 15) is 0 Å². The fraction of sp³-hybridized carbons (Fsp3) is 0.207. The summed E-state index contributed by atoms with van der Waals surface area (Å²) in [6.07, 6.45) is 1.78. The number of fused-ring (bicyclic) bond motifs is 2. The summed E-state index contributed by atoms with van der Waals surface area (Å²) in [6.45, 7) is 2.84. The summed E-state index contributed by atoms with van der Waals surface area (Å²) < 4.78 is 13.0. The van der Waals surface area contributed by atoms with Crippen molar-refractivity contribution >= 4 is 34.0 Å². The number of benzene rings is 3. The van der Waals surface area contributed by atoms with Gasteiger partial charge in [-0.15, -0.1) is 0 Å². The number of ether oxygens (including phenoxy) is 2. The second-order valence-corrected chi connectivity index (χ2v) is 9.16. The van der Waals surface area contributed by atoms with E-state index >= 15 is 0 Å². The lowest BCUT2D eigenvalue weighted by atomic mass is 10.1. The largest absolute Gasteiger partial charge is 0.382 e. The molecule has 3 aromatic rings. The van der Waals surface area contributed by atoms with Crippen molar-refractivity contribution in [3.05, 3.63) is 95.1 Å². The van der Waals surface area contributed by atoms with Crippen molar-refractivity contribution in [3.63, 3.8) is 0 Å². The highest BCUT2D eigenvalue weighted by molar-refractivity contribution is 6.30. The second-order valence-electron chi connectivity index (χ2n) is 8.73. The Balaban J connectivity index is 1.81. The van der Waals surface area contributed by atoms with Gasteiger partial charge in [0.05, 0.1) is 64.1 Å². The molecule has 1 aliphatic carbocycles. The zero-order valence-corrected chi connectivity index (χ0v) is 21.7. The average molecular weight is 514 g/mol. The van der Waals surface area contributed by atoms with Crippen LogP contribution in [0, 0.1) is 6.92 Å². The first-order valence-electron chi connectivity index (χ1n) is 12.0. The second kappa shape index (κ2) is 11.1.